The summed E-state index contributed by atoms with van der Waals surface area (Å²) in [7, 11) is 6.43. The Balaban J connectivity index is 1.42. The van der Waals surface area contributed by atoms with Crippen molar-refractivity contribution in [1.29, 1.82) is 0 Å². The first-order valence-corrected chi connectivity index (χ1v) is 10.9. The van der Waals surface area contributed by atoms with Gasteiger partial charge in [0.15, 0.2) is 16.6 Å². The van der Waals surface area contributed by atoms with Crippen molar-refractivity contribution in [1.82, 2.24) is 9.88 Å². The van der Waals surface area contributed by atoms with Crippen LogP contribution in [-0.2, 0) is 0 Å². The molecule has 4 rings (SSSR count). The molecule has 3 aromatic rings. The minimum Gasteiger partial charge on any atom is -0.495 e. The van der Waals surface area contributed by atoms with Crippen LogP contribution in [0.15, 0.2) is 30.3 Å². The van der Waals surface area contributed by atoms with Crippen molar-refractivity contribution in [2.24, 2.45) is 0 Å². The zero-order chi connectivity index (χ0) is 22.7. The van der Waals surface area contributed by atoms with Crippen LogP contribution in [0.25, 0.3) is 10.2 Å². The highest BCUT2D eigenvalue weighted by molar-refractivity contribution is 7.22. The third-order valence-corrected chi connectivity index (χ3v) is 6.50. The van der Waals surface area contributed by atoms with Gasteiger partial charge in [-0.2, -0.15) is 0 Å². The number of amides is 2. The van der Waals surface area contributed by atoms with Gasteiger partial charge >= 0.3 is 6.03 Å². The van der Waals surface area contributed by atoms with E-state index in [-0.39, 0.29) is 6.03 Å². The van der Waals surface area contributed by atoms with Gasteiger partial charge in [-0.05, 0) is 24.3 Å². The Morgan fingerprint density at radius 3 is 2.16 bits per heavy atom. The summed E-state index contributed by atoms with van der Waals surface area (Å²) in [6, 6.07) is 8.90. The highest BCUT2D eigenvalue weighted by atomic mass is 32.1. The molecule has 170 valence electrons. The number of piperazine rings is 1. The quantitative estimate of drug-likeness (QED) is 0.603. The Hall–Kier alpha value is -3.40. The highest BCUT2D eigenvalue weighted by Crippen LogP contribution is 2.40. The number of anilines is 2. The molecule has 0 atom stereocenters. The Kier molecular flexibility index (Phi) is 6.40. The SMILES string of the molecule is COc1ccc(NC(=O)N2CCN(c3nc4c(OC)ccc(OC)c4s3)CC2)cc1OC. The second kappa shape index (κ2) is 9.39. The molecule has 2 amide bonds. The molecule has 2 aromatic carbocycles. The Bertz CT molecular complexity index is 1070. The third kappa shape index (κ3) is 4.18. The number of fused-ring (bicyclic) bond motifs is 1. The lowest BCUT2D eigenvalue weighted by Gasteiger charge is -2.34. The molecule has 0 bridgehead atoms. The van der Waals surface area contributed by atoms with Crippen LogP contribution in [0.3, 0.4) is 0 Å². The average Bonchev–Trinajstić information content (AvgIpc) is 3.29. The topological polar surface area (TPSA) is 85.4 Å². The van der Waals surface area contributed by atoms with Gasteiger partial charge in [-0.15, -0.1) is 0 Å². The molecular weight excluding hydrogens is 432 g/mol. The second-order valence-corrected chi connectivity index (χ2v) is 8.10. The lowest BCUT2D eigenvalue weighted by Crippen LogP contribution is -2.50. The van der Waals surface area contributed by atoms with Crippen LogP contribution in [0, 0.1) is 0 Å². The number of benzene rings is 2. The largest absolute Gasteiger partial charge is 0.495 e. The van der Waals surface area contributed by atoms with E-state index >= 15 is 0 Å². The van der Waals surface area contributed by atoms with Crippen LogP contribution in [0.4, 0.5) is 15.6 Å². The minimum absolute atomic E-state index is 0.149. The second-order valence-electron chi connectivity index (χ2n) is 7.12. The van der Waals surface area contributed by atoms with Gasteiger partial charge in [-0.1, -0.05) is 11.3 Å². The maximum Gasteiger partial charge on any atom is 0.321 e. The molecule has 2 heterocycles. The first-order chi connectivity index (χ1) is 15.6. The van der Waals surface area contributed by atoms with Crippen LogP contribution >= 0.6 is 11.3 Å². The minimum atomic E-state index is -0.149. The number of urea groups is 1. The molecule has 1 aliphatic heterocycles. The summed E-state index contributed by atoms with van der Waals surface area (Å²) in [5.41, 5.74) is 1.45. The number of thiazole rings is 1. The van der Waals surface area contributed by atoms with Crippen molar-refractivity contribution in [3.05, 3.63) is 30.3 Å². The summed E-state index contributed by atoms with van der Waals surface area (Å²) in [5, 5.41) is 3.82. The van der Waals surface area contributed by atoms with Crippen LogP contribution < -0.4 is 29.2 Å². The zero-order valence-corrected chi connectivity index (χ0v) is 19.3. The fourth-order valence-electron chi connectivity index (χ4n) is 3.63. The van der Waals surface area contributed by atoms with E-state index in [0.717, 1.165) is 26.8 Å². The summed E-state index contributed by atoms with van der Waals surface area (Å²) in [5.74, 6) is 2.67. The number of hydrogen-bond acceptors (Lipinski definition) is 8. The molecule has 0 spiro atoms. The molecule has 0 unspecified atom stereocenters. The van der Waals surface area contributed by atoms with Gasteiger partial charge in [-0.25, -0.2) is 9.78 Å². The van der Waals surface area contributed by atoms with Gasteiger partial charge in [0, 0.05) is 37.9 Å². The predicted molar refractivity (Wildman–Crippen MR) is 125 cm³/mol. The van der Waals surface area contributed by atoms with Crippen LogP contribution in [-0.4, -0.2) is 70.5 Å². The Morgan fingerprint density at radius 2 is 1.50 bits per heavy atom. The molecule has 1 saturated heterocycles. The molecule has 1 N–H and O–H groups in total. The number of aromatic nitrogens is 1. The van der Waals surface area contributed by atoms with E-state index in [1.54, 1.807) is 62.9 Å². The number of carbonyl (C=O) groups is 1. The van der Waals surface area contributed by atoms with Crippen molar-refractivity contribution in [2.75, 3.05) is 64.8 Å². The molecule has 1 aromatic heterocycles. The molecule has 1 fully saturated rings. The van der Waals surface area contributed by atoms with E-state index in [1.807, 2.05) is 12.1 Å². The van der Waals surface area contributed by atoms with E-state index in [0.29, 0.717) is 43.4 Å². The monoisotopic (exact) mass is 458 g/mol. The lowest BCUT2D eigenvalue weighted by atomic mass is 10.2. The van der Waals surface area contributed by atoms with E-state index < -0.39 is 0 Å². The van der Waals surface area contributed by atoms with E-state index in [9.17, 15) is 4.79 Å². The smallest absolute Gasteiger partial charge is 0.321 e. The van der Waals surface area contributed by atoms with Gasteiger partial charge in [0.25, 0.3) is 0 Å². The fraction of sp³-hybridized carbons (Fsp3) is 0.364. The van der Waals surface area contributed by atoms with Gasteiger partial charge in [0.1, 0.15) is 21.7 Å². The summed E-state index contributed by atoms with van der Waals surface area (Å²) >= 11 is 1.57. The van der Waals surface area contributed by atoms with Crippen molar-refractivity contribution >= 4 is 38.4 Å². The molecular formula is C22H26N4O5S. The number of nitrogens with one attached hydrogen (secondary N) is 1. The van der Waals surface area contributed by atoms with Crippen molar-refractivity contribution in [3.63, 3.8) is 0 Å². The van der Waals surface area contributed by atoms with E-state index in [2.05, 4.69) is 10.2 Å². The van der Waals surface area contributed by atoms with E-state index in [4.69, 9.17) is 23.9 Å². The first-order valence-electron chi connectivity index (χ1n) is 10.1. The van der Waals surface area contributed by atoms with Crippen LogP contribution in [0.1, 0.15) is 0 Å². The lowest BCUT2D eigenvalue weighted by molar-refractivity contribution is 0.208. The average molecular weight is 459 g/mol. The number of nitrogens with zero attached hydrogens (tertiary/aromatic N) is 3. The summed E-state index contributed by atoms with van der Waals surface area (Å²) in [4.78, 5) is 21.5. The molecule has 0 aliphatic carbocycles. The van der Waals surface area contributed by atoms with Crippen molar-refractivity contribution in [3.8, 4) is 23.0 Å². The van der Waals surface area contributed by atoms with Crippen LogP contribution in [0.5, 0.6) is 23.0 Å². The molecule has 9 nitrogen and oxygen atoms in total. The maximum atomic E-state index is 12.8. The Morgan fingerprint density at radius 1 is 0.875 bits per heavy atom. The van der Waals surface area contributed by atoms with Crippen molar-refractivity contribution in [2.45, 2.75) is 0 Å². The van der Waals surface area contributed by atoms with Gasteiger partial charge in [0.05, 0.1) is 28.4 Å². The van der Waals surface area contributed by atoms with Gasteiger partial charge < -0.3 is 34.1 Å². The molecule has 1 aliphatic rings. The number of rotatable bonds is 6. The van der Waals surface area contributed by atoms with Crippen LogP contribution in [0.2, 0.25) is 0 Å². The first kappa shape index (κ1) is 21.8. The summed E-state index contributed by atoms with van der Waals surface area (Å²) in [6.45, 7) is 2.54. The summed E-state index contributed by atoms with van der Waals surface area (Å²) in [6.07, 6.45) is 0. The molecule has 0 saturated carbocycles. The zero-order valence-electron chi connectivity index (χ0n) is 18.5. The van der Waals surface area contributed by atoms with Crippen molar-refractivity contribution < 1.29 is 23.7 Å². The highest BCUT2D eigenvalue weighted by Gasteiger charge is 2.24. The fourth-order valence-corrected chi connectivity index (χ4v) is 4.75. The maximum absolute atomic E-state index is 12.8. The van der Waals surface area contributed by atoms with E-state index in [1.165, 1.54) is 0 Å². The standard InChI is InChI=1S/C22H26N4O5S/c1-28-15-6-5-14(13-18(15)31-4)23-21(27)25-9-11-26(12-10-25)22-24-19-16(29-2)7-8-17(30-3)20(19)32-22/h5-8,13H,9-12H2,1-4H3,(H,23,27). The van der Waals surface area contributed by atoms with Gasteiger partial charge in [-0.3, -0.25) is 0 Å². The molecule has 0 radical (unpaired) electrons. The Labute approximate surface area is 190 Å². The predicted octanol–water partition coefficient (Wildman–Crippen LogP) is 3.68. The number of methoxy groups -OCH3 is 4. The normalized spacial score (nSPS) is 13.8. The number of ether oxygens (including phenoxy) is 4. The number of carbonyl (C=O) groups excluding carboxylic acids is 1. The third-order valence-electron chi connectivity index (χ3n) is 5.37. The molecule has 10 heteroatoms. The molecule has 32 heavy (non-hydrogen) atoms. The van der Waals surface area contributed by atoms with Gasteiger partial charge in [0.2, 0.25) is 0 Å². The number of hydrogen-bond donors (Lipinski definition) is 1. The summed E-state index contributed by atoms with van der Waals surface area (Å²) < 4.78 is 22.4.